The Kier molecular flexibility index (Phi) is 7.63. The number of nitrogens with two attached hydrogens (primary N) is 1. The molecule has 136 valence electrons. The molecule has 1 aromatic rings. The summed E-state index contributed by atoms with van der Waals surface area (Å²) in [4.78, 5) is 12.2. The molecule has 0 saturated heterocycles. The lowest BCUT2D eigenvalue weighted by molar-refractivity contribution is -0.122. The summed E-state index contributed by atoms with van der Waals surface area (Å²) in [7, 11) is -3.66. The van der Waals surface area contributed by atoms with Gasteiger partial charge < -0.3 is 11.1 Å². The smallest absolute Gasteiger partial charge is 0.221 e. The Morgan fingerprint density at radius 2 is 1.96 bits per heavy atom. The van der Waals surface area contributed by atoms with Crippen molar-refractivity contribution in [3.05, 3.63) is 30.1 Å². The highest BCUT2D eigenvalue weighted by molar-refractivity contribution is 7.92. The first-order valence-corrected chi connectivity index (χ1v) is 9.38. The van der Waals surface area contributed by atoms with E-state index in [1.807, 2.05) is 0 Å². The molecule has 0 radical (unpaired) electrons. The van der Waals surface area contributed by atoms with Crippen molar-refractivity contribution in [3.8, 4) is 0 Å². The summed E-state index contributed by atoms with van der Waals surface area (Å²) in [6.07, 6.45) is 2.78. The quantitative estimate of drug-likeness (QED) is 0.741. The Morgan fingerprint density at radius 3 is 2.54 bits per heavy atom. The van der Waals surface area contributed by atoms with E-state index in [2.05, 4.69) is 5.32 Å². The Morgan fingerprint density at radius 1 is 1.33 bits per heavy atom. The van der Waals surface area contributed by atoms with Crippen molar-refractivity contribution < 1.29 is 17.6 Å². The highest BCUT2D eigenvalue weighted by Gasteiger charge is 2.30. The standard InChI is InChI=1S/C16H23FN2O3S.ClH/c1-11(23(21,22)14-7-5-13(17)6-8-14)9-16(20)19-15-4-2-3-12(15)10-18;/h5-8,11-12,15H,2-4,9-10,18H2,1H3,(H,19,20);1H. The molecule has 3 atom stereocenters. The van der Waals surface area contributed by atoms with Gasteiger partial charge in [0, 0.05) is 12.5 Å². The zero-order valence-electron chi connectivity index (χ0n) is 13.6. The Hall–Kier alpha value is -1.18. The fourth-order valence-corrected chi connectivity index (χ4v) is 4.35. The highest BCUT2D eigenvalue weighted by Crippen LogP contribution is 2.25. The van der Waals surface area contributed by atoms with Gasteiger partial charge in [-0.3, -0.25) is 4.79 Å². The maximum Gasteiger partial charge on any atom is 0.221 e. The SMILES string of the molecule is CC(CC(=O)NC1CCCC1CN)S(=O)(=O)c1ccc(F)cc1.Cl. The maximum absolute atomic E-state index is 12.9. The summed E-state index contributed by atoms with van der Waals surface area (Å²) < 4.78 is 37.7. The Bertz CT molecular complexity index is 652. The van der Waals surface area contributed by atoms with Gasteiger partial charge in [-0.05, 0) is 56.5 Å². The van der Waals surface area contributed by atoms with Crippen LogP contribution in [0, 0.1) is 11.7 Å². The van der Waals surface area contributed by atoms with Gasteiger partial charge in [0.15, 0.2) is 9.84 Å². The number of sulfone groups is 1. The highest BCUT2D eigenvalue weighted by atomic mass is 35.5. The summed E-state index contributed by atoms with van der Waals surface area (Å²) in [5.41, 5.74) is 5.68. The molecule has 0 spiro atoms. The van der Waals surface area contributed by atoms with E-state index in [4.69, 9.17) is 5.73 Å². The van der Waals surface area contributed by atoms with E-state index in [0.29, 0.717) is 6.54 Å². The van der Waals surface area contributed by atoms with Gasteiger partial charge in [-0.1, -0.05) is 6.42 Å². The minimum atomic E-state index is -3.66. The first-order valence-electron chi connectivity index (χ1n) is 7.83. The number of hydrogen-bond acceptors (Lipinski definition) is 4. The first kappa shape index (κ1) is 20.9. The molecule has 0 heterocycles. The van der Waals surface area contributed by atoms with Gasteiger partial charge >= 0.3 is 0 Å². The van der Waals surface area contributed by atoms with Crippen molar-refractivity contribution in [2.24, 2.45) is 11.7 Å². The number of rotatable bonds is 6. The fraction of sp³-hybridized carbons (Fsp3) is 0.562. The number of nitrogens with one attached hydrogen (secondary N) is 1. The molecule has 1 fully saturated rings. The van der Waals surface area contributed by atoms with Crippen molar-refractivity contribution in [3.63, 3.8) is 0 Å². The van der Waals surface area contributed by atoms with Crippen molar-refractivity contribution in [2.75, 3.05) is 6.54 Å². The van der Waals surface area contributed by atoms with Crippen LogP contribution >= 0.6 is 12.4 Å². The molecule has 1 aliphatic carbocycles. The van der Waals surface area contributed by atoms with E-state index in [1.165, 1.54) is 19.1 Å². The fourth-order valence-electron chi connectivity index (χ4n) is 3.00. The molecule has 0 aromatic heterocycles. The van der Waals surface area contributed by atoms with Gasteiger partial charge in [0.1, 0.15) is 5.82 Å². The van der Waals surface area contributed by atoms with E-state index in [-0.39, 0.29) is 41.6 Å². The molecular weight excluding hydrogens is 355 g/mol. The molecule has 2 rings (SSSR count). The predicted molar refractivity (Wildman–Crippen MR) is 93.2 cm³/mol. The number of benzene rings is 1. The van der Waals surface area contributed by atoms with E-state index in [1.54, 1.807) is 0 Å². The molecule has 3 N–H and O–H groups in total. The second-order valence-electron chi connectivity index (χ2n) is 6.11. The predicted octanol–water partition coefficient (Wildman–Crippen LogP) is 2.04. The lowest BCUT2D eigenvalue weighted by Crippen LogP contribution is -2.41. The van der Waals surface area contributed by atoms with Gasteiger partial charge in [0.05, 0.1) is 10.1 Å². The number of amides is 1. The molecule has 0 aliphatic heterocycles. The lowest BCUT2D eigenvalue weighted by Gasteiger charge is -2.20. The van der Waals surface area contributed by atoms with Crippen molar-refractivity contribution in [1.82, 2.24) is 5.32 Å². The average molecular weight is 379 g/mol. The minimum Gasteiger partial charge on any atom is -0.353 e. The molecule has 1 saturated carbocycles. The third kappa shape index (κ3) is 4.91. The molecule has 8 heteroatoms. The molecule has 3 unspecified atom stereocenters. The summed E-state index contributed by atoms with van der Waals surface area (Å²) in [6, 6.07) is 4.68. The normalized spacial score (nSPS) is 21.8. The summed E-state index contributed by atoms with van der Waals surface area (Å²) >= 11 is 0. The van der Waals surface area contributed by atoms with Crippen LogP contribution in [0.15, 0.2) is 29.2 Å². The topological polar surface area (TPSA) is 89.3 Å². The van der Waals surface area contributed by atoms with E-state index < -0.39 is 20.9 Å². The third-order valence-corrected chi connectivity index (χ3v) is 6.61. The van der Waals surface area contributed by atoms with Gasteiger partial charge in [0.2, 0.25) is 5.91 Å². The van der Waals surface area contributed by atoms with E-state index in [0.717, 1.165) is 31.4 Å². The van der Waals surface area contributed by atoms with Crippen LogP contribution in [0.25, 0.3) is 0 Å². The minimum absolute atomic E-state index is 0. The Balaban J connectivity index is 0.00000288. The van der Waals surface area contributed by atoms with Crippen LogP contribution in [0.5, 0.6) is 0 Å². The summed E-state index contributed by atoms with van der Waals surface area (Å²) in [5, 5.41) is 2.03. The third-order valence-electron chi connectivity index (χ3n) is 4.45. The average Bonchev–Trinajstić information content (AvgIpc) is 2.94. The lowest BCUT2D eigenvalue weighted by atomic mass is 10.0. The molecule has 1 aromatic carbocycles. The summed E-state index contributed by atoms with van der Waals surface area (Å²) in [6.45, 7) is 2.02. The number of carbonyl (C=O) groups excluding carboxylic acids is 1. The van der Waals surface area contributed by atoms with Crippen LogP contribution in [0.2, 0.25) is 0 Å². The van der Waals surface area contributed by atoms with E-state index >= 15 is 0 Å². The number of carbonyl (C=O) groups is 1. The molecule has 5 nitrogen and oxygen atoms in total. The molecule has 24 heavy (non-hydrogen) atoms. The zero-order chi connectivity index (χ0) is 17.0. The van der Waals surface area contributed by atoms with Crippen molar-refractivity contribution in [1.29, 1.82) is 0 Å². The summed E-state index contributed by atoms with van der Waals surface area (Å²) in [5.74, 6) is -0.514. The Labute approximate surface area is 148 Å². The second-order valence-corrected chi connectivity index (χ2v) is 8.48. The van der Waals surface area contributed by atoms with Gasteiger partial charge in [-0.2, -0.15) is 0 Å². The maximum atomic E-state index is 12.9. The molecule has 1 aliphatic rings. The largest absolute Gasteiger partial charge is 0.353 e. The first-order chi connectivity index (χ1) is 10.8. The zero-order valence-corrected chi connectivity index (χ0v) is 15.2. The van der Waals surface area contributed by atoms with Gasteiger partial charge in [-0.15, -0.1) is 12.4 Å². The van der Waals surface area contributed by atoms with Crippen LogP contribution in [0.1, 0.15) is 32.6 Å². The number of halogens is 2. The number of hydrogen-bond donors (Lipinski definition) is 2. The van der Waals surface area contributed by atoms with Crippen LogP contribution < -0.4 is 11.1 Å². The van der Waals surface area contributed by atoms with Crippen LogP contribution in [0.3, 0.4) is 0 Å². The van der Waals surface area contributed by atoms with Crippen LogP contribution in [0.4, 0.5) is 4.39 Å². The molecular formula is C16H24ClFN2O3S. The monoisotopic (exact) mass is 378 g/mol. The molecule has 0 bridgehead atoms. The van der Waals surface area contributed by atoms with Crippen molar-refractivity contribution >= 4 is 28.2 Å². The second kappa shape index (κ2) is 8.78. The van der Waals surface area contributed by atoms with Gasteiger partial charge in [-0.25, -0.2) is 12.8 Å². The van der Waals surface area contributed by atoms with Crippen LogP contribution in [-0.4, -0.2) is 32.2 Å². The van der Waals surface area contributed by atoms with Crippen LogP contribution in [-0.2, 0) is 14.6 Å². The molecule has 1 amide bonds. The van der Waals surface area contributed by atoms with Gasteiger partial charge in [0.25, 0.3) is 0 Å². The van der Waals surface area contributed by atoms with E-state index in [9.17, 15) is 17.6 Å². The van der Waals surface area contributed by atoms with Crippen molar-refractivity contribution in [2.45, 2.75) is 48.8 Å².